The van der Waals surface area contributed by atoms with Gasteiger partial charge in [-0.05, 0) is 24.6 Å². The van der Waals surface area contributed by atoms with Gasteiger partial charge >= 0.3 is 6.03 Å². The van der Waals surface area contributed by atoms with Gasteiger partial charge in [0, 0.05) is 26.0 Å². The molecule has 0 fully saturated rings. The largest absolute Gasteiger partial charge is 0.337 e. The van der Waals surface area contributed by atoms with E-state index in [4.69, 9.17) is 16.7 Å². The number of nitrogens with zero attached hydrogens (tertiary/aromatic N) is 3. The summed E-state index contributed by atoms with van der Waals surface area (Å²) in [7, 11) is -2.05. The second kappa shape index (κ2) is 7.85. The molecule has 0 aliphatic carbocycles. The van der Waals surface area contributed by atoms with Crippen LogP contribution in [0.25, 0.3) is 0 Å². The summed E-state index contributed by atoms with van der Waals surface area (Å²) in [6.07, 6.45) is 4.20. The van der Waals surface area contributed by atoms with E-state index in [0.29, 0.717) is 13.1 Å². The number of carbonyl (C=O) groups is 1. The Hall–Kier alpha value is -2.10. The van der Waals surface area contributed by atoms with E-state index in [2.05, 4.69) is 10.3 Å². The molecule has 0 saturated carbocycles. The van der Waals surface area contributed by atoms with Gasteiger partial charge in [0.2, 0.25) is 10.0 Å². The van der Waals surface area contributed by atoms with Crippen molar-refractivity contribution in [1.29, 1.82) is 0 Å². The van der Waals surface area contributed by atoms with Crippen LogP contribution in [0.1, 0.15) is 19.2 Å². The number of amides is 2. The molecule has 1 aromatic carbocycles. The number of carbonyl (C=O) groups excluding carboxylic acids is 1. The topological polar surface area (TPSA) is 110 Å². The molecule has 25 heavy (non-hydrogen) atoms. The van der Waals surface area contributed by atoms with Gasteiger partial charge < -0.3 is 14.8 Å². The highest BCUT2D eigenvalue weighted by atomic mass is 35.5. The fourth-order valence-electron chi connectivity index (χ4n) is 2.21. The van der Waals surface area contributed by atoms with Crippen molar-refractivity contribution in [2.24, 2.45) is 12.2 Å². The van der Waals surface area contributed by atoms with E-state index in [1.54, 1.807) is 17.3 Å². The number of nitrogens with two attached hydrogens (primary N) is 1. The molecule has 8 nitrogen and oxygen atoms in total. The number of nitrogens with one attached hydrogen (secondary N) is 1. The number of imidazole rings is 1. The Morgan fingerprint density at radius 3 is 2.72 bits per heavy atom. The van der Waals surface area contributed by atoms with E-state index >= 15 is 0 Å². The van der Waals surface area contributed by atoms with E-state index in [-0.39, 0.29) is 15.6 Å². The van der Waals surface area contributed by atoms with Crippen molar-refractivity contribution < 1.29 is 13.2 Å². The van der Waals surface area contributed by atoms with Gasteiger partial charge in [-0.3, -0.25) is 0 Å². The van der Waals surface area contributed by atoms with Crippen molar-refractivity contribution in [3.8, 4) is 0 Å². The lowest BCUT2D eigenvalue weighted by Crippen LogP contribution is -2.36. The molecule has 0 bridgehead atoms. The highest BCUT2D eigenvalue weighted by Crippen LogP contribution is 2.25. The van der Waals surface area contributed by atoms with Crippen molar-refractivity contribution in [2.75, 3.05) is 11.9 Å². The first kappa shape index (κ1) is 19.2. The van der Waals surface area contributed by atoms with Gasteiger partial charge in [-0.15, -0.1) is 0 Å². The highest BCUT2D eigenvalue weighted by Gasteiger charge is 2.18. The number of urea groups is 1. The minimum Gasteiger partial charge on any atom is -0.337 e. The third-order valence-corrected chi connectivity index (χ3v) is 4.78. The highest BCUT2D eigenvalue weighted by molar-refractivity contribution is 7.89. The van der Waals surface area contributed by atoms with Crippen LogP contribution in [0.4, 0.5) is 10.5 Å². The van der Waals surface area contributed by atoms with Gasteiger partial charge in [-0.25, -0.2) is 23.3 Å². The van der Waals surface area contributed by atoms with Crippen LogP contribution in [0, 0.1) is 0 Å². The zero-order chi connectivity index (χ0) is 18.6. The molecule has 10 heteroatoms. The summed E-state index contributed by atoms with van der Waals surface area (Å²) in [5.74, 6) is 0.730. The molecule has 2 rings (SSSR count). The minimum atomic E-state index is -3.89. The smallest absolute Gasteiger partial charge is 0.322 e. The van der Waals surface area contributed by atoms with E-state index in [1.807, 2.05) is 18.5 Å². The number of rotatable bonds is 6. The lowest BCUT2D eigenvalue weighted by atomic mass is 10.3. The maximum absolute atomic E-state index is 12.6. The Balaban J connectivity index is 2.22. The molecule has 0 atom stereocenters. The predicted molar refractivity (Wildman–Crippen MR) is 95.8 cm³/mol. The number of hydrogen-bond donors (Lipinski definition) is 2. The van der Waals surface area contributed by atoms with Gasteiger partial charge in [0.05, 0.1) is 22.2 Å². The summed E-state index contributed by atoms with van der Waals surface area (Å²) in [6, 6.07) is 3.49. The SMILES string of the molecule is CCCN(Cc1nccn1C)C(=O)Nc1cc(S(N)(=O)=O)ccc1Cl. The molecule has 1 aromatic heterocycles. The maximum Gasteiger partial charge on any atom is 0.322 e. The van der Waals surface area contributed by atoms with Crippen LogP contribution in [-0.4, -0.2) is 35.4 Å². The lowest BCUT2D eigenvalue weighted by Gasteiger charge is -2.22. The molecular formula is C15H20ClN5O3S. The summed E-state index contributed by atoms with van der Waals surface area (Å²) in [4.78, 5) is 18.2. The van der Waals surface area contributed by atoms with Crippen molar-refractivity contribution in [2.45, 2.75) is 24.8 Å². The molecule has 3 N–H and O–H groups in total. The van der Waals surface area contributed by atoms with Crippen LogP contribution in [0.2, 0.25) is 5.02 Å². The van der Waals surface area contributed by atoms with Crippen LogP contribution in [0.3, 0.4) is 0 Å². The van der Waals surface area contributed by atoms with Gasteiger partial charge in [0.25, 0.3) is 0 Å². The molecule has 2 aromatic rings. The van der Waals surface area contributed by atoms with Gasteiger partial charge in [0.1, 0.15) is 5.82 Å². The Morgan fingerprint density at radius 1 is 1.44 bits per heavy atom. The normalized spacial score (nSPS) is 11.4. The third-order valence-electron chi connectivity index (χ3n) is 3.54. The van der Waals surface area contributed by atoms with E-state index in [0.717, 1.165) is 12.2 Å². The average molecular weight is 386 g/mol. The van der Waals surface area contributed by atoms with E-state index < -0.39 is 16.1 Å². The molecule has 0 saturated heterocycles. The maximum atomic E-state index is 12.6. The van der Waals surface area contributed by atoms with Crippen LogP contribution >= 0.6 is 11.6 Å². The molecule has 0 aliphatic heterocycles. The minimum absolute atomic E-state index is 0.127. The van der Waals surface area contributed by atoms with Gasteiger partial charge in [-0.1, -0.05) is 18.5 Å². The van der Waals surface area contributed by atoms with Crippen LogP contribution in [-0.2, 0) is 23.6 Å². The first-order valence-corrected chi connectivity index (χ1v) is 9.49. The number of aryl methyl sites for hydroxylation is 1. The standard InChI is InChI=1S/C15H20ClN5O3S/c1-3-7-21(10-14-18-6-8-20(14)2)15(22)19-13-9-11(25(17,23)24)4-5-12(13)16/h4-6,8-9H,3,7,10H2,1-2H3,(H,19,22)(H2,17,23,24). The molecule has 0 unspecified atom stereocenters. The summed E-state index contributed by atoms with van der Waals surface area (Å²) in [5, 5.41) is 7.97. The number of aromatic nitrogens is 2. The summed E-state index contributed by atoms with van der Waals surface area (Å²) in [5.41, 5.74) is 0.180. The molecule has 0 aliphatic rings. The van der Waals surface area contributed by atoms with Crippen molar-refractivity contribution in [3.63, 3.8) is 0 Å². The Bertz CT molecular complexity index is 866. The zero-order valence-electron chi connectivity index (χ0n) is 13.9. The Morgan fingerprint density at radius 2 is 2.16 bits per heavy atom. The summed E-state index contributed by atoms with van der Waals surface area (Å²) >= 11 is 6.05. The number of benzene rings is 1. The lowest BCUT2D eigenvalue weighted by molar-refractivity contribution is 0.207. The molecule has 136 valence electrons. The Kier molecular flexibility index (Phi) is 6.04. The van der Waals surface area contributed by atoms with Gasteiger partial charge in [-0.2, -0.15) is 0 Å². The van der Waals surface area contributed by atoms with E-state index in [1.165, 1.54) is 18.2 Å². The quantitative estimate of drug-likeness (QED) is 0.793. The van der Waals surface area contributed by atoms with Crippen LogP contribution in [0.15, 0.2) is 35.5 Å². The third kappa shape index (κ3) is 4.94. The van der Waals surface area contributed by atoms with Crippen LogP contribution < -0.4 is 10.5 Å². The number of anilines is 1. The number of hydrogen-bond acceptors (Lipinski definition) is 4. The fraction of sp³-hybridized carbons (Fsp3) is 0.333. The molecule has 2 amide bonds. The van der Waals surface area contributed by atoms with Gasteiger partial charge in [0.15, 0.2) is 0 Å². The monoisotopic (exact) mass is 385 g/mol. The molecule has 1 heterocycles. The number of primary sulfonamides is 1. The summed E-state index contributed by atoms with van der Waals surface area (Å²) < 4.78 is 24.8. The second-order valence-corrected chi connectivity index (χ2v) is 7.46. The molecular weight excluding hydrogens is 366 g/mol. The molecule has 0 spiro atoms. The predicted octanol–water partition coefficient (Wildman–Crippen LogP) is 2.17. The van der Waals surface area contributed by atoms with Crippen molar-refractivity contribution >= 4 is 33.3 Å². The van der Waals surface area contributed by atoms with Crippen LogP contribution in [0.5, 0.6) is 0 Å². The first-order chi connectivity index (χ1) is 11.7. The zero-order valence-corrected chi connectivity index (χ0v) is 15.5. The second-order valence-electron chi connectivity index (χ2n) is 5.49. The van der Waals surface area contributed by atoms with Crippen molar-refractivity contribution in [1.82, 2.24) is 14.5 Å². The number of sulfonamides is 1. The first-order valence-electron chi connectivity index (χ1n) is 7.57. The molecule has 0 radical (unpaired) electrons. The average Bonchev–Trinajstić information content (AvgIpc) is 2.93. The summed E-state index contributed by atoms with van der Waals surface area (Å²) in [6.45, 7) is 2.77. The van der Waals surface area contributed by atoms with E-state index in [9.17, 15) is 13.2 Å². The van der Waals surface area contributed by atoms with Crippen molar-refractivity contribution in [3.05, 3.63) is 41.4 Å². The Labute approximate surface area is 151 Å². The number of halogens is 1. The fourth-order valence-corrected chi connectivity index (χ4v) is 2.92.